The van der Waals surface area contributed by atoms with Crippen LogP contribution in [0.5, 0.6) is 0 Å². The first kappa shape index (κ1) is 11.3. The van der Waals surface area contributed by atoms with Gasteiger partial charge in [0.05, 0.1) is 11.2 Å². The number of hydrogen-bond acceptors (Lipinski definition) is 7. The van der Waals surface area contributed by atoms with Gasteiger partial charge in [0.1, 0.15) is 22.9 Å². The Morgan fingerprint density at radius 1 is 1.56 bits per heavy atom. The topological polar surface area (TPSA) is 78.1 Å². The van der Waals surface area contributed by atoms with Crippen LogP contribution >= 0.6 is 11.3 Å². The molecule has 0 aromatic carbocycles. The van der Waals surface area contributed by atoms with Gasteiger partial charge in [-0.05, 0) is 19.8 Å². The van der Waals surface area contributed by atoms with Crippen molar-refractivity contribution in [2.24, 2.45) is 0 Å². The van der Waals surface area contributed by atoms with E-state index >= 15 is 0 Å². The predicted molar refractivity (Wildman–Crippen MR) is 62.2 cm³/mol. The predicted octanol–water partition coefficient (Wildman–Crippen LogP) is 2.07. The number of thiazole rings is 1. The second-order valence-electron chi connectivity index (χ2n) is 4.21. The van der Waals surface area contributed by atoms with Gasteiger partial charge >= 0.3 is 5.97 Å². The molecule has 1 aliphatic carbocycles. The summed E-state index contributed by atoms with van der Waals surface area (Å²) in [7, 11) is 0. The molecular formula is C11H11N3O3S. The summed E-state index contributed by atoms with van der Waals surface area (Å²) in [4.78, 5) is 16.8. The van der Waals surface area contributed by atoms with Crippen molar-refractivity contribution in [3.63, 3.8) is 0 Å². The lowest BCUT2D eigenvalue weighted by Gasteiger charge is -2.02. The number of aromatic nitrogens is 3. The number of carbonyl (C=O) groups excluding carboxylic acids is 1. The zero-order chi connectivity index (χ0) is 12.5. The average Bonchev–Trinajstić information content (AvgIpc) is 2.95. The zero-order valence-electron chi connectivity index (χ0n) is 9.75. The van der Waals surface area contributed by atoms with Gasteiger partial charge in [0.15, 0.2) is 0 Å². The molecule has 0 atom stereocenters. The van der Waals surface area contributed by atoms with Crippen LogP contribution in [-0.4, -0.2) is 21.3 Å². The maximum atomic E-state index is 11.9. The van der Waals surface area contributed by atoms with Crippen molar-refractivity contribution in [2.75, 3.05) is 0 Å². The standard InChI is InChI=1S/C11H11N3O3S/c1-6-8(14-17-13-6)4-16-11(15)10-9(7-2-3-7)12-5-18-10/h5,7H,2-4H2,1H3. The maximum Gasteiger partial charge on any atom is 0.350 e. The van der Waals surface area contributed by atoms with E-state index in [-0.39, 0.29) is 12.6 Å². The van der Waals surface area contributed by atoms with E-state index in [9.17, 15) is 4.79 Å². The fourth-order valence-corrected chi connectivity index (χ4v) is 2.40. The van der Waals surface area contributed by atoms with Gasteiger partial charge in [-0.3, -0.25) is 0 Å². The molecule has 94 valence electrons. The Balaban J connectivity index is 1.67. The van der Waals surface area contributed by atoms with Gasteiger partial charge in [-0.1, -0.05) is 10.3 Å². The minimum absolute atomic E-state index is 0.0795. The Labute approximate surface area is 107 Å². The highest BCUT2D eigenvalue weighted by Gasteiger charge is 2.31. The third-order valence-corrected chi connectivity index (χ3v) is 3.65. The summed E-state index contributed by atoms with van der Waals surface area (Å²) in [5.41, 5.74) is 3.74. The van der Waals surface area contributed by atoms with E-state index in [0.717, 1.165) is 18.5 Å². The fourth-order valence-electron chi connectivity index (χ4n) is 1.64. The van der Waals surface area contributed by atoms with E-state index in [0.29, 0.717) is 22.2 Å². The van der Waals surface area contributed by atoms with E-state index in [4.69, 9.17) is 4.74 Å². The van der Waals surface area contributed by atoms with Crippen LogP contribution in [0.25, 0.3) is 0 Å². The molecule has 7 heteroatoms. The second-order valence-corrected chi connectivity index (χ2v) is 5.07. The molecule has 1 aliphatic rings. The van der Waals surface area contributed by atoms with E-state index in [1.54, 1.807) is 12.4 Å². The number of aryl methyl sites for hydroxylation is 1. The summed E-state index contributed by atoms with van der Waals surface area (Å²) in [6, 6.07) is 0. The van der Waals surface area contributed by atoms with Crippen LogP contribution in [0.4, 0.5) is 0 Å². The molecule has 0 unspecified atom stereocenters. The molecular weight excluding hydrogens is 254 g/mol. The first-order chi connectivity index (χ1) is 8.75. The highest BCUT2D eigenvalue weighted by molar-refractivity contribution is 7.11. The number of esters is 1. The van der Waals surface area contributed by atoms with Gasteiger partial charge in [0.25, 0.3) is 0 Å². The quantitative estimate of drug-likeness (QED) is 0.787. The smallest absolute Gasteiger partial charge is 0.350 e. The molecule has 1 saturated carbocycles. The molecule has 2 aromatic rings. The largest absolute Gasteiger partial charge is 0.455 e. The second kappa shape index (κ2) is 4.49. The highest BCUT2D eigenvalue weighted by atomic mass is 32.1. The molecule has 18 heavy (non-hydrogen) atoms. The molecule has 6 nitrogen and oxygen atoms in total. The molecule has 3 rings (SSSR count). The molecule has 0 spiro atoms. The summed E-state index contributed by atoms with van der Waals surface area (Å²) < 4.78 is 9.74. The Kier molecular flexibility index (Phi) is 2.83. The van der Waals surface area contributed by atoms with Gasteiger partial charge in [-0.25, -0.2) is 14.4 Å². The van der Waals surface area contributed by atoms with Crippen LogP contribution in [0.15, 0.2) is 10.1 Å². The Bertz CT molecular complexity index is 574. The van der Waals surface area contributed by atoms with Gasteiger partial charge in [0, 0.05) is 5.92 Å². The van der Waals surface area contributed by atoms with Gasteiger partial charge < -0.3 is 4.74 Å². The van der Waals surface area contributed by atoms with Crippen molar-refractivity contribution in [1.29, 1.82) is 0 Å². The molecule has 0 radical (unpaired) electrons. The van der Waals surface area contributed by atoms with Crippen molar-refractivity contribution in [3.05, 3.63) is 27.5 Å². The van der Waals surface area contributed by atoms with Crippen LogP contribution in [-0.2, 0) is 11.3 Å². The summed E-state index contributed by atoms with van der Waals surface area (Å²) in [5, 5.41) is 7.29. The number of ether oxygens (including phenoxy) is 1. The van der Waals surface area contributed by atoms with Crippen LogP contribution in [0.1, 0.15) is 45.5 Å². The van der Waals surface area contributed by atoms with E-state index in [1.165, 1.54) is 11.3 Å². The van der Waals surface area contributed by atoms with E-state index in [2.05, 4.69) is 19.9 Å². The number of nitrogens with zero attached hydrogens (tertiary/aromatic N) is 3. The minimum atomic E-state index is -0.346. The van der Waals surface area contributed by atoms with Gasteiger partial charge in [-0.2, -0.15) is 0 Å². The summed E-state index contributed by atoms with van der Waals surface area (Å²) >= 11 is 1.32. The van der Waals surface area contributed by atoms with Crippen LogP contribution < -0.4 is 0 Å². The molecule has 0 bridgehead atoms. The number of rotatable bonds is 4. The first-order valence-corrected chi connectivity index (χ1v) is 6.52. The van der Waals surface area contributed by atoms with Gasteiger partial charge in [-0.15, -0.1) is 11.3 Å². The van der Waals surface area contributed by atoms with Crippen LogP contribution in [0.2, 0.25) is 0 Å². The van der Waals surface area contributed by atoms with Crippen LogP contribution in [0, 0.1) is 6.92 Å². The maximum absolute atomic E-state index is 11.9. The summed E-state index contributed by atoms with van der Waals surface area (Å²) in [6.07, 6.45) is 2.21. The first-order valence-electron chi connectivity index (χ1n) is 5.64. The fraction of sp³-hybridized carbons (Fsp3) is 0.455. The number of carbonyl (C=O) groups is 1. The normalized spacial score (nSPS) is 14.7. The molecule has 0 aliphatic heterocycles. The Hall–Kier alpha value is -1.76. The third kappa shape index (κ3) is 2.13. The Morgan fingerprint density at radius 2 is 2.39 bits per heavy atom. The van der Waals surface area contributed by atoms with Crippen molar-refractivity contribution in [2.45, 2.75) is 32.3 Å². The minimum Gasteiger partial charge on any atom is -0.455 e. The lowest BCUT2D eigenvalue weighted by molar-refractivity contribution is 0.0467. The lowest BCUT2D eigenvalue weighted by atomic mass is 10.2. The van der Waals surface area contributed by atoms with E-state index in [1.807, 2.05) is 0 Å². The molecule has 0 N–H and O–H groups in total. The molecule has 0 saturated heterocycles. The van der Waals surface area contributed by atoms with Crippen molar-refractivity contribution < 1.29 is 14.2 Å². The SMILES string of the molecule is Cc1nonc1COC(=O)c1scnc1C1CC1. The monoisotopic (exact) mass is 265 g/mol. The summed E-state index contributed by atoms with van der Waals surface area (Å²) in [5.74, 6) is 0.0936. The molecule has 0 amide bonds. The molecule has 2 aromatic heterocycles. The van der Waals surface area contributed by atoms with Crippen molar-refractivity contribution in [1.82, 2.24) is 15.3 Å². The van der Waals surface area contributed by atoms with Crippen LogP contribution in [0.3, 0.4) is 0 Å². The highest BCUT2D eigenvalue weighted by Crippen LogP contribution is 2.41. The number of hydrogen-bond donors (Lipinski definition) is 0. The third-order valence-electron chi connectivity index (χ3n) is 2.83. The van der Waals surface area contributed by atoms with Crippen molar-refractivity contribution in [3.8, 4) is 0 Å². The van der Waals surface area contributed by atoms with Crippen molar-refractivity contribution >= 4 is 17.3 Å². The Morgan fingerprint density at radius 3 is 3.06 bits per heavy atom. The average molecular weight is 265 g/mol. The van der Waals surface area contributed by atoms with Gasteiger partial charge in [0.2, 0.25) is 0 Å². The zero-order valence-corrected chi connectivity index (χ0v) is 10.6. The lowest BCUT2D eigenvalue weighted by Crippen LogP contribution is -2.06. The summed E-state index contributed by atoms with van der Waals surface area (Å²) in [6.45, 7) is 1.83. The molecule has 1 fully saturated rings. The molecule has 2 heterocycles. The van der Waals surface area contributed by atoms with E-state index < -0.39 is 0 Å².